The van der Waals surface area contributed by atoms with Crippen molar-refractivity contribution in [2.45, 2.75) is 24.7 Å². The first-order chi connectivity index (χ1) is 19.9. The van der Waals surface area contributed by atoms with Gasteiger partial charge in [0.1, 0.15) is 17.7 Å². The van der Waals surface area contributed by atoms with Gasteiger partial charge in [0, 0.05) is 5.56 Å². The second-order valence-electron chi connectivity index (χ2n) is 9.62. The lowest BCUT2D eigenvalue weighted by molar-refractivity contribution is -0.170. The minimum absolute atomic E-state index is 0.0221. The summed E-state index contributed by atoms with van der Waals surface area (Å²) in [7, 11) is 1.09. The molecular formula is C27H17BrN2O12. The number of halogens is 1. The Bertz CT molecular complexity index is 1940. The quantitative estimate of drug-likeness (QED) is 0.120. The molecule has 214 valence electrons. The number of carbonyl (C=O) groups is 3. The summed E-state index contributed by atoms with van der Waals surface area (Å²) in [5.41, 5.74) is -2.57. The fourth-order valence-electron chi connectivity index (χ4n) is 5.39. The number of phenolic OH excluding ortho intramolecular Hbond substituents is 3. The van der Waals surface area contributed by atoms with E-state index in [0.29, 0.717) is 0 Å². The molecule has 0 saturated heterocycles. The van der Waals surface area contributed by atoms with E-state index in [0.717, 1.165) is 13.2 Å². The summed E-state index contributed by atoms with van der Waals surface area (Å²) < 4.78 is 21.2. The maximum Gasteiger partial charge on any atom is 0.374 e. The number of anilines is 1. The standard InChI is InChI=1S/C27H17BrN2O12/c1-39-25(37)12-5-8-4-9-11(31)7-27(41-23(9)21(35)13(8)26(38)40-12)6-10-18(32)14-15(22(36)24(10)42-27)20(34)17(30-3-2-29)16(28)19(14)33/h4-5,11,30-31,33-35H,3,6-7H2,1H3. The fraction of sp³-hybridized carbons (Fsp3) is 0.222. The molecule has 1 aliphatic carbocycles. The topological polar surface area (TPSA) is 226 Å². The average molecular weight is 641 g/mol. The van der Waals surface area contributed by atoms with Gasteiger partial charge in [-0.15, -0.1) is 0 Å². The van der Waals surface area contributed by atoms with Crippen LogP contribution < -0.4 is 15.7 Å². The number of carbonyl (C=O) groups excluding carboxylic acids is 3. The highest BCUT2D eigenvalue weighted by Gasteiger charge is 2.55. The zero-order chi connectivity index (χ0) is 30.2. The zero-order valence-electron chi connectivity index (χ0n) is 21.2. The molecule has 2 unspecified atom stereocenters. The summed E-state index contributed by atoms with van der Waals surface area (Å²) in [4.78, 5) is 51.6. The van der Waals surface area contributed by atoms with Crippen LogP contribution in [-0.2, 0) is 9.47 Å². The molecular weight excluding hydrogens is 624 g/mol. The van der Waals surface area contributed by atoms with Gasteiger partial charge in [0.05, 0.1) is 59.0 Å². The van der Waals surface area contributed by atoms with Crippen LogP contribution in [0.2, 0.25) is 0 Å². The first-order valence-corrected chi connectivity index (χ1v) is 12.9. The highest BCUT2D eigenvalue weighted by atomic mass is 79.9. The monoisotopic (exact) mass is 640 g/mol. The van der Waals surface area contributed by atoms with Crippen LogP contribution in [0.1, 0.15) is 55.8 Å². The molecule has 1 aromatic heterocycles. The number of allylic oxidation sites excluding steroid dienone is 1. The number of ketones is 2. The first kappa shape index (κ1) is 27.1. The van der Waals surface area contributed by atoms with Crippen molar-refractivity contribution >= 4 is 49.9 Å². The molecule has 3 aromatic rings. The number of ether oxygens (including phenoxy) is 3. The van der Waals surface area contributed by atoms with Gasteiger partial charge in [0.15, 0.2) is 28.8 Å². The Labute approximate surface area is 242 Å². The number of esters is 1. The van der Waals surface area contributed by atoms with Gasteiger partial charge in [-0.2, -0.15) is 5.26 Å². The highest BCUT2D eigenvalue weighted by Crippen LogP contribution is 2.55. The third-order valence-corrected chi connectivity index (χ3v) is 7.99. The number of nitrogens with one attached hydrogen (secondary N) is 1. The fourth-order valence-corrected chi connectivity index (χ4v) is 5.92. The van der Waals surface area contributed by atoms with Crippen LogP contribution in [0, 0.1) is 11.3 Å². The average Bonchev–Trinajstić information content (AvgIpc) is 3.32. The summed E-state index contributed by atoms with van der Waals surface area (Å²) in [6.07, 6.45) is -2.18. The molecule has 2 aromatic carbocycles. The number of benzene rings is 2. The molecule has 1 spiro atoms. The van der Waals surface area contributed by atoms with Gasteiger partial charge in [-0.05, 0) is 33.4 Å². The maximum atomic E-state index is 13.5. The van der Waals surface area contributed by atoms with Crippen molar-refractivity contribution < 1.29 is 53.4 Å². The van der Waals surface area contributed by atoms with Gasteiger partial charge < -0.3 is 44.4 Å². The van der Waals surface area contributed by atoms with Gasteiger partial charge in [-0.25, -0.2) is 9.59 Å². The molecule has 2 aliphatic heterocycles. The number of phenols is 3. The van der Waals surface area contributed by atoms with Crippen LogP contribution in [0.25, 0.3) is 10.8 Å². The number of methoxy groups -OCH3 is 1. The Morgan fingerprint density at radius 3 is 2.55 bits per heavy atom. The third-order valence-electron chi connectivity index (χ3n) is 7.22. The predicted octanol–water partition coefficient (Wildman–Crippen LogP) is 2.66. The number of hydrogen-bond acceptors (Lipinski definition) is 14. The van der Waals surface area contributed by atoms with E-state index in [1.54, 1.807) is 6.07 Å². The molecule has 0 fully saturated rings. The number of rotatable bonds is 3. The van der Waals surface area contributed by atoms with Crippen LogP contribution in [0.5, 0.6) is 23.0 Å². The Hall–Kier alpha value is -5.07. The van der Waals surface area contributed by atoms with E-state index >= 15 is 0 Å². The van der Waals surface area contributed by atoms with Crippen LogP contribution >= 0.6 is 15.9 Å². The minimum atomic E-state index is -1.91. The SMILES string of the molecule is COC(=O)c1cc2cc3c(c(O)c2c(=O)o1)OC1(CC2=C(O1)C(=O)c1c(O)c(NCC#N)c(Br)c(O)c1C2=O)CC3O. The van der Waals surface area contributed by atoms with Crippen molar-refractivity contribution in [1.29, 1.82) is 5.26 Å². The van der Waals surface area contributed by atoms with Crippen molar-refractivity contribution in [2.75, 3.05) is 19.0 Å². The van der Waals surface area contributed by atoms with Crippen molar-refractivity contribution in [3.8, 4) is 29.1 Å². The number of Topliss-reactive ketones (excluding diaryl/α,β-unsaturated/α-hetero) is 2. The van der Waals surface area contributed by atoms with Gasteiger partial charge in [-0.1, -0.05) is 0 Å². The summed E-state index contributed by atoms with van der Waals surface area (Å²) in [5.74, 6) is -8.12. The van der Waals surface area contributed by atoms with E-state index in [1.165, 1.54) is 6.07 Å². The summed E-state index contributed by atoms with van der Waals surface area (Å²) in [6.45, 7) is -0.300. The molecule has 2 atom stereocenters. The van der Waals surface area contributed by atoms with Gasteiger partial charge in [0.25, 0.3) is 5.79 Å². The second kappa shape index (κ2) is 9.23. The lowest BCUT2D eigenvalue weighted by Gasteiger charge is -2.37. The molecule has 3 aliphatic rings. The largest absolute Gasteiger partial charge is 0.506 e. The van der Waals surface area contributed by atoms with Crippen LogP contribution in [-0.4, -0.2) is 57.4 Å². The van der Waals surface area contributed by atoms with Crippen molar-refractivity contribution in [3.05, 3.63) is 60.8 Å². The minimum Gasteiger partial charge on any atom is -0.506 e. The van der Waals surface area contributed by atoms with E-state index in [1.807, 2.05) is 0 Å². The molecule has 14 nitrogen and oxygen atoms in total. The molecule has 6 rings (SSSR count). The third kappa shape index (κ3) is 3.65. The van der Waals surface area contributed by atoms with Crippen molar-refractivity contribution in [3.63, 3.8) is 0 Å². The van der Waals surface area contributed by atoms with E-state index in [-0.39, 0.29) is 50.8 Å². The van der Waals surface area contributed by atoms with E-state index in [4.69, 9.17) is 19.2 Å². The summed E-state index contributed by atoms with van der Waals surface area (Å²) >= 11 is 3.07. The smallest absolute Gasteiger partial charge is 0.374 e. The Kier molecular flexibility index (Phi) is 5.96. The van der Waals surface area contributed by atoms with E-state index in [9.17, 15) is 39.6 Å². The Morgan fingerprint density at radius 2 is 1.86 bits per heavy atom. The molecule has 0 bridgehead atoms. The van der Waals surface area contributed by atoms with Gasteiger partial charge >= 0.3 is 11.6 Å². The molecule has 0 radical (unpaired) electrons. The van der Waals surface area contributed by atoms with Crippen molar-refractivity contribution in [1.82, 2.24) is 0 Å². The van der Waals surface area contributed by atoms with Crippen molar-refractivity contribution in [2.24, 2.45) is 0 Å². The molecule has 0 amide bonds. The number of nitriles is 1. The Morgan fingerprint density at radius 1 is 1.14 bits per heavy atom. The number of fused-ring (bicyclic) bond motifs is 3. The van der Waals surface area contributed by atoms with Crippen LogP contribution in [0.4, 0.5) is 5.69 Å². The maximum absolute atomic E-state index is 13.5. The number of aromatic hydroxyl groups is 3. The summed E-state index contributed by atoms with van der Waals surface area (Å²) in [6, 6.07) is 4.25. The first-order valence-electron chi connectivity index (χ1n) is 12.1. The highest BCUT2D eigenvalue weighted by molar-refractivity contribution is 9.10. The predicted molar refractivity (Wildman–Crippen MR) is 141 cm³/mol. The number of aliphatic hydroxyl groups excluding tert-OH is 1. The van der Waals surface area contributed by atoms with E-state index in [2.05, 4.69) is 26.0 Å². The summed E-state index contributed by atoms with van der Waals surface area (Å²) in [5, 5.41) is 54.8. The molecule has 5 N–H and O–H groups in total. The van der Waals surface area contributed by atoms with Crippen LogP contribution in [0.15, 0.2) is 37.1 Å². The normalized spacial score (nSPS) is 20.4. The second-order valence-corrected chi connectivity index (χ2v) is 10.4. The number of nitrogens with zero attached hydrogens (tertiary/aromatic N) is 1. The molecule has 15 heteroatoms. The Balaban J connectivity index is 1.42. The molecule has 42 heavy (non-hydrogen) atoms. The lowest BCUT2D eigenvalue weighted by atomic mass is 9.84. The number of hydrogen-bond donors (Lipinski definition) is 5. The van der Waals surface area contributed by atoms with Gasteiger partial charge in [-0.3, -0.25) is 9.59 Å². The van der Waals surface area contributed by atoms with Crippen LogP contribution in [0.3, 0.4) is 0 Å². The molecule has 3 heterocycles. The lowest BCUT2D eigenvalue weighted by Crippen LogP contribution is -2.41. The molecule has 0 saturated carbocycles. The van der Waals surface area contributed by atoms with Gasteiger partial charge in [0.2, 0.25) is 11.5 Å². The zero-order valence-corrected chi connectivity index (χ0v) is 22.8. The number of aliphatic hydroxyl groups is 1. The van der Waals surface area contributed by atoms with E-state index < -0.39 is 81.4 Å².